The van der Waals surface area contributed by atoms with Crippen molar-refractivity contribution in [2.75, 3.05) is 0 Å². The first-order chi connectivity index (χ1) is 6.08. The second kappa shape index (κ2) is 2.98. The van der Waals surface area contributed by atoms with Crippen LogP contribution in [-0.2, 0) is 9.53 Å². The van der Waals surface area contributed by atoms with Gasteiger partial charge >= 0.3 is 0 Å². The zero-order chi connectivity index (χ0) is 9.47. The van der Waals surface area contributed by atoms with Gasteiger partial charge in [0, 0.05) is 0 Å². The van der Waals surface area contributed by atoms with Gasteiger partial charge in [-0.2, -0.15) is 0 Å². The number of carbonyl (C=O) groups excluding carboxylic acids is 1. The van der Waals surface area contributed by atoms with Crippen LogP contribution in [-0.4, -0.2) is 17.7 Å². The minimum atomic E-state index is -0.463. The second-order valence-electron chi connectivity index (χ2n) is 4.55. The van der Waals surface area contributed by atoms with Crippen molar-refractivity contribution in [1.29, 1.82) is 0 Å². The third-order valence-corrected chi connectivity index (χ3v) is 2.91. The van der Waals surface area contributed by atoms with E-state index in [0.717, 1.165) is 12.8 Å². The molecule has 0 aromatic carbocycles. The Hall–Kier alpha value is -0.570. The lowest BCUT2D eigenvalue weighted by atomic mass is 9.84. The number of rotatable bonds is 0. The van der Waals surface area contributed by atoms with Gasteiger partial charge < -0.3 is 10.1 Å². The summed E-state index contributed by atoms with van der Waals surface area (Å²) in [6, 6.07) is 0. The molecule has 2 rings (SSSR count). The minimum Gasteiger partial charge on any atom is -0.352 e. The molecule has 0 spiro atoms. The topological polar surface area (TPSA) is 38.3 Å². The molecule has 3 nitrogen and oxygen atoms in total. The highest BCUT2D eigenvalue weighted by Gasteiger charge is 2.41. The molecule has 0 radical (unpaired) electrons. The molecule has 2 aliphatic rings. The van der Waals surface area contributed by atoms with E-state index in [2.05, 4.69) is 5.32 Å². The molecule has 0 aromatic rings. The molecule has 1 saturated heterocycles. The summed E-state index contributed by atoms with van der Waals surface area (Å²) in [5.41, 5.74) is -0.463. The average molecular weight is 183 g/mol. The molecule has 0 bridgehead atoms. The minimum absolute atomic E-state index is 0.113. The van der Waals surface area contributed by atoms with Gasteiger partial charge in [0.1, 0.15) is 5.72 Å². The molecule has 1 aliphatic heterocycles. The summed E-state index contributed by atoms with van der Waals surface area (Å²) in [7, 11) is 0. The molecule has 1 saturated carbocycles. The number of hydrogen-bond acceptors (Lipinski definition) is 2. The van der Waals surface area contributed by atoms with E-state index in [0.29, 0.717) is 0 Å². The molecule has 2 fully saturated rings. The van der Waals surface area contributed by atoms with E-state index < -0.39 is 5.72 Å². The Labute approximate surface area is 78.8 Å². The Morgan fingerprint density at radius 1 is 1.38 bits per heavy atom. The molecule has 0 unspecified atom stereocenters. The number of ether oxygens (including phenoxy) is 1. The van der Waals surface area contributed by atoms with Crippen LogP contribution < -0.4 is 5.32 Å². The van der Waals surface area contributed by atoms with Crippen molar-refractivity contribution in [3.8, 4) is 0 Å². The second-order valence-corrected chi connectivity index (χ2v) is 4.55. The van der Waals surface area contributed by atoms with Gasteiger partial charge in [-0.3, -0.25) is 4.79 Å². The highest BCUT2D eigenvalue weighted by molar-refractivity contribution is 5.80. The lowest BCUT2D eigenvalue weighted by Gasteiger charge is -2.43. The molecule has 3 heteroatoms. The normalized spacial score (nSPS) is 37.8. The summed E-state index contributed by atoms with van der Waals surface area (Å²) in [6.07, 6.45) is 4.56. The highest BCUT2D eigenvalue weighted by atomic mass is 16.5. The Bertz CT molecular complexity index is 225. The largest absolute Gasteiger partial charge is 0.352 e. The third kappa shape index (κ3) is 1.70. The van der Waals surface area contributed by atoms with Crippen LogP contribution in [0.1, 0.15) is 39.5 Å². The molecule has 1 amide bonds. The standard InChI is InChI=1S/C10H17NO2/c1-10(2)11-9(12)7-5-3-4-6-8(7)13-10/h7-8H,3-6H2,1-2H3,(H,11,12)/t7-,8-/m0/s1. The molecule has 1 heterocycles. The fourth-order valence-electron chi connectivity index (χ4n) is 2.34. The first kappa shape index (κ1) is 9.00. The lowest BCUT2D eigenvalue weighted by Crippen LogP contribution is -2.59. The summed E-state index contributed by atoms with van der Waals surface area (Å²) in [5, 5.41) is 2.89. The van der Waals surface area contributed by atoms with Gasteiger partial charge in [-0.25, -0.2) is 0 Å². The van der Waals surface area contributed by atoms with Gasteiger partial charge in [-0.1, -0.05) is 12.8 Å². The maximum Gasteiger partial charge on any atom is 0.227 e. The summed E-state index contributed by atoms with van der Waals surface area (Å²) < 4.78 is 5.82. The number of fused-ring (bicyclic) bond motifs is 1. The zero-order valence-corrected chi connectivity index (χ0v) is 8.30. The first-order valence-electron chi connectivity index (χ1n) is 5.08. The number of nitrogens with one attached hydrogen (secondary N) is 1. The Morgan fingerprint density at radius 3 is 2.85 bits per heavy atom. The van der Waals surface area contributed by atoms with Gasteiger partial charge in [0.25, 0.3) is 0 Å². The van der Waals surface area contributed by atoms with Crippen molar-refractivity contribution >= 4 is 5.91 Å². The van der Waals surface area contributed by atoms with Crippen LogP contribution in [0.5, 0.6) is 0 Å². The van der Waals surface area contributed by atoms with Crippen LogP contribution >= 0.6 is 0 Å². The number of amides is 1. The van der Waals surface area contributed by atoms with Crippen LogP contribution in [0.4, 0.5) is 0 Å². The number of carbonyl (C=O) groups is 1. The fourth-order valence-corrected chi connectivity index (χ4v) is 2.34. The smallest absolute Gasteiger partial charge is 0.227 e. The van der Waals surface area contributed by atoms with Gasteiger partial charge in [-0.15, -0.1) is 0 Å². The van der Waals surface area contributed by atoms with Crippen LogP contribution in [0, 0.1) is 5.92 Å². The Morgan fingerprint density at radius 2 is 2.08 bits per heavy atom. The Balaban J connectivity index is 2.12. The number of hydrogen-bond donors (Lipinski definition) is 1. The van der Waals surface area contributed by atoms with Crippen molar-refractivity contribution in [3.63, 3.8) is 0 Å². The van der Waals surface area contributed by atoms with Crippen molar-refractivity contribution < 1.29 is 9.53 Å². The van der Waals surface area contributed by atoms with E-state index >= 15 is 0 Å². The fraction of sp³-hybridized carbons (Fsp3) is 0.900. The molecule has 13 heavy (non-hydrogen) atoms. The van der Waals surface area contributed by atoms with Gasteiger partial charge in [0.15, 0.2) is 0 Å². The van der Waals surface area contributed by atoms with Crippen molar-refractivity contribution in [2.24, 2.45) is 5.92 Å². The maximum absolute atomic E-state index is 11.7. The summed E-state index contributed by atoms with van der Waals surface area (Å²) in [6.45, 7) is 3.82. The van der Waals surface area contributed by atoms with Crippen LogP contribution in [0.3, 0.4) is 0 Å². The highest BCUT2D eigenvalue weighted by Crippen LogP contribution is 2.33. The molecule has 2 atom stereocenters. The molecular formula is C10H17NO2. The average Bonchev–Trinajstić information content (AvgIpc) is 2.02. The summed E-state index contributed by atoms with van der Waals surface area (Å²) >= 11 is 0. The van der Waals surface area contributed by atoms with Crippen LogP contribution in [0.25, 0.3) is 0 Å². The molecule has 1 N–H and O–H groups in total. The zero-order valence-electron chi connectivity index (χ0n) is 8.30. The molecular weight excluding hydrogens is 166 g/mol. The monoisotopic (exact) mass is 183 g/mol. The van der Waals surface area contributed by atoms with Crippen molar-refractivity contribution in [2.45, 2.75) is 51.4 Å². The van der Waals surface area contributed by atoms with E-state index in [1.165, 1.54) is 12.8 Å². The van der Waals surface area contributed by atoms with E-state index in [1.54, 1.807) is 0 Å². The van der Waals surface area contributed by atoms with Gasteiger partial charge in [-0.05, 0) is 26.7 Å². The predicted octanol–water partition coefficient (Wildman–Crippen LogP) is 1.43. The van der Waals surface area contributed by atoms with E-state index in [-0.39, 0.29) is 17.9 Å². The van der Waals surface area contributed by atoms with Crippen molar-refractivity contribution in [1.82, 2.24) is 5.32 Å². The molecule has 74 valence electrons. The van der Waals surface area contributed by atoms with Gasteiger partial charge in [0.05, 0.1) is 12.0 Å². The van der Waals surface area contributed by atoms with Gasteiger partial charge in [0.2, 0.25) is 5.91 Å². The van der Waals surface area contributed by atoms with Crippen LogP contribution in [0.2, 0.25) is 0 Å². The van der Waals surface area contributed by atoms with E-state index in [1.807, 2.05) is 13.8 Å². The lowest BCUT2D eigenvalue weighted by molar-refractivity contribution is -0.178. The molecule has 0 aromatic heterocycles. The third-order valence-electron chi connectivity index (χ3n) is 2.91. The molecule has 1 aliphatic carbocycles. The predicted molar refractivity (Wildman–Crippen MR) is 49.1 cm³/mol. The van der Waals surface area contributed by atoms with E-state index in [9.17, 15) is 4.79 Å². The maximum atomic E-state index is 11.7. The SMILES string of the molecule is CC1(C)NC(=O)[C@H]2CCCC[C@@H]2O1. The summed E-state index contributed by atoms with van der Waals surface area (Å²) in [4.78, 5) is 11.7. The van der Waals surface area contributed by atoms with Crippen LogP contribution in [0.15, 0.2) is 0 Å². The van der Waals surface area contributed by atoms with E-state index in [4.69, 9.17) is 4.74 Å². The summed E-state index contributed by atoms with van der Waals surface area (Å²) in [5.74, 6) is 0.294. The quantitative estimate of drug-likeness (QED) is 0.617. The van der Waals surface area contributed by atoms with Crippen molar-refractivity contribution in [3.05, 3.63) is 0 Å². The first-order valence-corrected chi connectivity index (χ1v) is 5.08. The Kier molecular flexibility index (Phi) is 2.06.